The van der Waals surface area contributed by atoms with E-state index in [9.17, 15) is 9.50 Å². The van der Waals surface area contributed by atoms with Gasteiger partial charge in [0.1, 0.15) is 5.82 Å². The van der Waals surface area contributed by atoms with Crippen molar-refractivity contribution < 1.29 is 9.50 Å². The van der Waals surface area contributed by atoms with Crippen LogP contribution in [0.2, 0.25) is 0 Å². The Morgan fingerprint density at radius 2 is 2.06 bits per heavy atom. The summed E-state index contributed by atoms with van der Waals surface area (Å²) in [7, 11) is 0. The van der Waals surface area contributed by atoms with Gasteiger partial charge >= 0.3 is 0 Å². The van der Waals surface area contributed by atoms with Crippen molar-refractivity contribution in [3.8, 4) is 0 Å². The number of aliphatic hydroxyl groups is 1. The van der Waals surface area contributed by atoms with Crippen LogP contribution in [0.1, 0.15) is 25.0 Å². The minimum absolute atomic E-state index is 0.0536. The average molecular weight is 239 g/mol. The Balaban J connectivity index is 3.01. The van der Waals surface area contributed by atoms with Crippen LogP contribution in [0, 0.1) is 24.1 Å². The lowest BCUT2D eigenvalue weighted by Crippen LogP contribution is -2.41. The van der Waals surface area contributed by atoms with Gasteiger partial charge in [0, 0.05) is 12.0 Å². The Hall–Kier alpha value is -0.930. The molecule has 0 saturated carbocycles. The third kappa shape index (κ3) is 3.05. The lowest BCUT2D eigenvalue weighted by Gasteiger charge is -2.35. The summed E-state index contributed by atoms with van der Waals surface area (Å²) < 4.78 is 13.0. The zero-order valence-electron chi connectivity index (χ0n) is 10.8. The molecule has 1 aromatic carbocycles. The molecule has 3 heteroatoms. The van der Waals surface area contributed by atoms with Crippen LogP contribution < -0.4 is 5.73 Å². The Morgan fingerprint density at radius 3 is 2.47 bits per heavy atom. The predicted octanol–water partition coefficient (Wildman–Crippen LogP) is 2.27. The third-order valence-corrected chi connectivity index (χ3v) is 3.79. The molecule has 1 unspecified atom stereocenters. The first-order valence-electron chi connectivity index (χ1n) is 6.01. The number of halogens is 1. The maximum absolute atomic E-state index is 13.0. The topological polar surface area (TPSA) is 46.2 Å². The SMILES string of the molecule is Cc1cc(F)ccc1CC(CN)(CO)C(C)C. The Morgan fingerprint density at radius 1 is 1.41 bits per heavy atom. The van der Waals surface area contributed by atoms with Gasteiger partial charge in [-0.1, -0.05) is 19.9 Å². The van der Waals surface area contributed by atoms with Gasteiger partial charge in [-0.25, -0.2) is 4.39 Å². The molecule has 0 fully saturated rings. The second kappa shape index (κ2) is 5.61. The van der Waals surface area contributed by atoms with E-state index in [0.717, 1.165) is 11.1 Å². The maximum atomic E-state index is 13.0. The predicted molar refractivity (Wildman–Crippen MR) is 68.3 cm³/mol. The molecule has 1 atom stereocenters. The quantitative estimate of drug-likeness (QED) is 0.828. The van der Waals surface area contributed by atoms with E-state index in [1.54, 1.807) is 6.07 Å². The highest BCUT2D eigenvalue weighted by Crippen LogP contribution is 2.31. The van der Waals surface area contributed by atoms with Crippen LogP contribution in [0.25, 0.3) is 0 Å². The molecule has 0 heterocycles. The van der Waals surface area contributed by atoms with Gasteiger partial charge in [-0.05, 0) is 42.5 Å². The van der Waals surface area contributed by atoms with E-state index in [1.165, 1.54) is 12.1 Å². The Kier molecular flexibility index (Phi) is 4.66. The Bertz CT molecular complexity index is 372. The van der Waals surface area contributed by atoms with Crippen molar-refractivity contribution in [3.05, 3.63) is 35.1 Å². The summed E-state index contributed by atoms with van der Waals surface area (Å²) >= 11 is 0. The fourth-order valence-electron chi connectivity index (χ4n) is 2.05. The fourth-order valence-corrected chi connectivity index (χ4v) is 2.05. The van der Waals surface area contributed by atoms with E-state index in [2.05, 4.69) is 13.8 Å². The second-order valence-corrected chi connectivity index (χ2v) is 5.13. The summed E-state index contributed by atoms with van der Waals surface area (Å²) in [6, 6.07) is 4.77. The number of aryl methyl sites for hydroxylation is 1. The van der Waals surface area contributed by atoms with Gasteiger partial charge in [-0.3, -0.25) is 0 Å². The lowest BCUT2D eigenvalue weighted by molar-refractivity contribution is 0.0841. The van der Waals surface area contributed by atoms with E-state index in [1.807, 2.05) is 6.92 Å². The fraction of sp³-hybridized carbons (Fsp3) is 0.571. The molecule has 0 spiro atoms. The molecular weight excluding hydrogens is 217 g/mol. The number of aliphatic hydroxyl groups excluding tert-OH is 1. The highest BCUT2D eigenvalue weighted by Gasteiger charge is 2.32. The van der Waals surface area contributed by atoms with Crippen LogP contribution in [0.3, 0.4) is 0 Å². The molecule has 0 radical (unpaired) electrons. The van der Waals surface area contributed by atoms with Gasteiger partial charge < -0.3 is 10.8 Å². The second-order valence-electron chi connectivity index (χ2n) is 5.13. The van der Waals surface area contributed by atoms with Crippen LogP contribution in [-0.4, -0.2) is 18.3 Å². The summed E-state index contributed by atoms with van der Waals surface area (Å²) in [5, 5.41) is 9.60. The van der Waals surface area contributed by atoms with E-state index in [0.29, 0.717) is 13.0 Å². The molecule has 0 aliphatic heterocycles. The summed E-state index contributed by atoms with van der Waals surface area (Å²) in [6.45, 7) is 6.48. The first-order chi connectivity index (χ1) is 7.95. The minimum Gasteiger partial charge on any atom is -0.396 e. The largest absolute Gasteiger partial charge is 0.396 e. The third-order valence-electron chi connectivity index (χ3n) is 3.79. The average Bonchev–Trinajstić information content (AvgIpc) is 2.28. The molecule has 0 aliphatic carbocycles. The molecule has 2 nitrogen and oxygen atoms in total. The van der Waals surface area contributed by atoms with Crippen molar-refractivity contribution in [2.75, 3.05) is 13.2 Å². The van der Waals surface area contributed by atoms with Crippen molar-refractivity contribution in [1.29, 1.82) is 0 Å². The number of hydrogen-bond donors (Lipinski definition) is 2. The van der Waals surface area contributed by atoms with Gasteiger partial charge in [0.2, 0.25) is 0 Å². The van der Waals surface area contributed by atoms with Gasteiger partial charge in [0.25, 0.3) is 0 Å². The smallest absolute Gasteiger partial charge is 0.123 e. The molecule has 3 N–H and O–H groups in total. The maximum Gasteiger partial charge on any atom is 0.123 e. The zero-order chi connectivity index (χ0) is 13.1. The van der Waals surface area contributed by atoms with Crippen molar-refractivity contribution in [3.63, 3.8) is 0 Å². The number of benzene rings is 1. The number of hydrogen-bond acceptors (Lipinski definition) is 2. The van der Waals surface area contributed by atoms with E-state index >= 15 is 0 Å². The molecule has 1 aromatic rings. The van der Waals surface area contributed by atoms with Crippen molar-refractivity contribution in [2.24, 2.45) is 17.1 Å². The van der Waals surface area contributed by atoms with Crippen LogP contribution in [0.15, 0.2) is 18.2 Å². The summed E-state index contributed by atoms with van der Waals surface area (Å²) in [6.07, 6.45) is 0.684. The first-order valence-corrected chi connectivity index (χ1v) is 6.01. The molecule has 96 valence electrons. The number of nitrogens with two attached hydrogens (primary N) is 1. The molecule has 0 aromatic heterocycles. The molecular formula is C14H22FNO. The highest BCUT2D eigenvalue weighted by molar-refractivity contribution is 5.28. The van der Waals surface area contributed by atoms with Crippen molar-refractivity contribution in [1.82, 2.24) is 0 Å². The van der Waals surface area contributed by atoms with Crippen LogP contribution in [-0.2, 0) is 6.42 Å². The van der Waals surface area contributed by atoms with E-state index in [-0.39, 0.29) is 23.8 Å². The van der Waals surface area contributed by atoms with Crippen molar-refractivity contribution in [2.45, 2.75) is 27.2 Å². The van der Waals surface area contributed by atoms with Crippen molar-refractivity contribution >= 4 is 0 Å². The van der Waals surface area contributed by atoms with Gasteiger partial charge in [-0.15, -0.1) is 0 Å². The summed E-state index contributed by atoms with van der Waals surface area (Å²) in [5.41, 5.74) is 7.47. The molecule has 17 heavy (non-hydrogen) atoms. The summed E-state index contributed by atoms with van der Waals surface area (Å²) in [5.74, 6) is 0.0556. The highest BCUT2D eigenvalue weighted by atomic mass is 19.1. The van der Waals surface area contributed by atoms with Crippen LogP contribution in [0.4, 0.5) is 4.39 Å². The van der Waals surface area contributed by atoms with Gasteiger partial charge in [0.15, 0.2) is 0 Å². The summed E-state index contributed by atoms with van der Waals surface area (Å²) in [4.78, 5) is 0. The van der Waals surface area contributed by atoms with Crippen LogP contribution >= 0.6 is 0 Å². The molecule has 1 rings (SSSR count). The van der Waals surface area contributed by atoms with Gasteiger partial charge in [0.05, 0.1) is 6.61 Å². The monoisotopic (exact) mass is 239 g/mol. The molecule has 0 aliphatic rings. The van der Waals surface area contributed by atoms with E-state index < -0.39 is 0 Å². The van der Waals surface area contributed by atoms with Crippen LogP contribution in [0.5, 0.6) is 0 Å². The Labute approximate surface area is 103 Å². The molecule has 0 amide bonds. The minimum atomic E-state index is -0.317. The van der Waals surface area contributed by atoms with E-state index in [4.69, 9.17) is 5.73 Å². The number of rotatable bonds is 5. The standard InChI is InChI=1S/C14H22FNO/c1-10(2)14(8-16,9-17)7-12-4-5-13(15)6-11(12)3/h4-6,10,17H,7-9,16H2,1-3H3. The van der Waals surface area contributed by atoms with Gasteiger partial charge in [-0.2, -0.15) is 0 Å². The zero-order valence-corrected chi connectivity index (χ0v) is 10.8. The molecule has 0 bridgehead atoms. The first kappa shape index (κ1) is 14.1. The molecule has 0 saturated heterocycles. The normalized spacial score (nSPS) is 15.0. The lowest BCUT2D eigenvalue weighted by atomic mass is 9.73.